The van der Waals surface area contributed by atoms with Crippen molar-refractivity contribution < 1.29 is 19.4 Å². The van der Waals surface area contributed by atoms with Crippen molar-refractivity contribution in [2.45, 2.75) is 44.9 Å². The van der Waals surface area contributed by atoms with Crippen LogP contribution in [0.15, 0.2) is 0 Å². The van der Waals surface area contributed by atoms with Crippen molar-refractivity contribution in [3.63, 3.8) is 0 Å². The summed E-state index contributed by atoms with van der Waals surface area (Å²) in [7, 11) is 0. The molecule has 5 heteroatoms. The number of hydrogen-bond donors (Lipinski definition) is 2. The van der Waals surface area contributed by atoms with Gasteiger partial charge < -0.3 is 19.9 Å². The van der Waals surface area contributed by atoms with Gasteiger partial charge in [-0.3, -0.25) is 0 Å². The van der Waals surface area contributed by atoms with Crippen molar-refractivity contribution in [2.75, 3.05) is 13.2 Å². The molecule has 0 radical (unpaired) electrons. The van der Waals surface area contributed by atoms with Crippen molar-refractivity contribution in [1.29, 1.82) is 0 Å². The molecule has 0 spiro atoms. The fourth-order valence-electron chi connectivity index (χ4n) is 1.41. The van der Waals surface area contributed by atoms with Crippen LogP contribution in [0.1, 0.15) is 27.2 Å². The molecule has 0 saturated carbocycles. The highest BCUT2D eigenvalue weighted by Crippen LogP contribution is 2.13. The number of aliphatic hydroxyl groups excluding tert-OH is 1. The standard InChI is InChI=1S/C10H19NO4/c1-10(2,3)15-9(13)11-7-4-8(5-12)14-6-7/h7-8,12H,4-6H2,1-3H3,(H,11,13). The van der Waals surface area contributed by atoms with Gasteiger partial charge in [-0.2, -0.15) is 0 Å². The zero-order valence-electron chi connectivity index (χ0n) is 9.45. The van der Waals surface area contributed by atoms with Crippen molar-refractivity contribution in [1.82, 2.24) is 5.32 Å². The van der Waals surface area contributed by atoms with Gasteiger partial charge in [0.15, 0.2) is 0 Å². The Hall–Kier alpha value is -0.810. The molecule has 0 aliphatic carbocycles. The third kappa shape index (κ3) is 4.48. The number of aliphatic hydroxyl groups is 1. The SMILES string of the molecule is CC(C)(C)OC(=O)NC1COC(CO)C1. The Morgan fingerprint density at radius 1 is 1.60 bits per heavy atom. The van der Waals surface area contributed by atoms with E-state index in [2.05, 4.69) is 5.32 Å². The van der Waals surface area contributed by atoms with Crippen LogP contribution in [-0.2, 0) is 9.47 Å². The first-order chi connectivity index (χ1) is 6.90. The van der Waals surface area contributed by atoms with Crippen molar-refractivity contribution in [3.8, 4) is 0 Å². The molecule has 15 heavy (non-hydrogen) atoms. The Balaban J connectivity index is 2.28. The fraction of sp³-hybridized carbons (Fsp3) is 0.900. The van der Waals surface area contributed by atoms with Crippen LogP contribution in [0, 0.1) is 0 Å². The van der Waals surface area contributed by atoms with Crippen molar-refractivity contribution in [3.05, 3.63) is 0 Å². The topological polar surface area (TPSA) is 67.8 Å². The first kappa shape index (κ1) is 12.3. The van der Waals surface area contributed by atoms with E-state index >= 15 is 0 Å². The van der Waals surface area contributed by atoms with Crippen LogP contribution in [0.4, 0.5) is 4.79 Å². The van der Waals surface area contributed by atoms with Gasteiger partial charge in [0.1, 0.15) is 5.60 Å². The molecule has 0 aromatic carbocycles. The van der Waals surface area contributed by atoms with E-state index < -0.39 is 11.7 Å². The normalized spacial score (nSPS) is 26.4. The summed E-state index contributed by atoms with van der Waals surface area (Å²) in [4.78, 5) is 11.4. The van der Waals surface area contributed by atoms with Crippen LogP contribution in [-0.4, -0.2) is 42.2 Å². The molecule has 2 atom stereocenters. The minimum absolute atomic E-state index is 0.00744. The lowest BCUT2D eigenvalue weighted by Gasteiger charge is -2.21. The largest absolute Gasteiger partial charge is 0.444 e. The number of nitrogens with one attached hydrogen (secondary N) is 1. The van der Waals surface area contributed by atoms with E-state index in [0.29, 0.717) is 13.0 Å². The van der Waals surface area contributed by atoms with Gasteiger partial charge in [0.05, 0.1) is 25.4 Å². The second-order valence-electron chi connectivity index (χ2n) is 4.72. The molecular weight excluding hydrogens is 198 g/mol. The van der Waals surface area contributed by atoms with E-state index in [1.165, 1.54) is 0 Å². The van der Waals surface area contributed by atoms with Gasteiger partial charge in [-0.15, -0.1) is 0 Å². The maximum Gasteiger partial charge on any atom is 0.407 e. The first-order valence-electron chi connectivity index (χ1n) is 5.12. The lowest BCUT2D eigenvalue weighted by molar-refractivity contribution is 0.0474. The number of ether oxygens (including phenoxy) is 2. The molecule has 1 aliphatic rings. The second-order valence-corrected chi connectivity index (χ2v) is 4.72. The molecule has 1 aliphatic heterocycles. The molecule has 5 nitrogen and oxygen atoms in total. The van der Waals surface area contributed by atoms with Crippen LogP contribution < -0.4 is 5.32 Å². The summed E-state index contributed by atoms with van der Waals surface area (Å²) < 4.78 is 10.3. The predicted molar refractivity (Wildman–Crippen MR) is 54.6 cm³/mol. The van der Waals surface area contributed by atoms with E-state index in [4.69, 9.17) is 14.6 Å². The number of alkyl carbamates (subject to hydrolysis) is 1. The Morgan fingerprint density at radius 3 is 2.73 bits per heavy atom. The zero-order valence-corrected chi connectivity index (χ0v) is 9.45. The average Bonchev–Trinajstić information content (AvgIpc) is 2.48. The van der Waals surface area contributed by atoms with Gasteiger partial charge in [-0.05, 0) is 27.2 Å². The summed E-state index contributed by atoms with van der Waals surface area (Å²) in [6.07, 6.45) is 0.0371. The molecule has 1 saturated heterocycles. The van der Waals surface area contributed by atoms with E-state index in [9.17, 15) is 4.79 Å². The van der Waals surface area contributed by atoms with E-state index in [-0.39, 0.29) is 18.8 Å². The Kier molecular flexibility index (Phi) is 3.93. The second kappa shape index (κ2) is 4.81. The molecule has 1 heterocycles. The Labute approximate surface area is 89.8 Å². The van der Waals surface area contributed by atoms with Crippen LogP contribution in [0.5, 0.6) is 0 Å². The molecule has 2 N–H and O–H groups in total. The van der Waals surface area contributed by atoms with Crippen molar-refractivity contribution in [2.24, 2.45) is 0 Å². The Bertz CT molecular complexity index is 224. The molecule has 1 rings (SSSR count). The predicted octanol–water partition coefficient (Wildman–Crippen LogP) is 0.661. The third-order valence-electron chi connectivity index (χ3n) is 2.01. The first-order valence-corrected chi connectivity index (χ1v) is 5.12. The molecule has 0 bridgehead atoms. The van der Waals surface area contributed by atoms with Crippen molar-refractivity contribution >= 4 is 6.09 Å². The molecule has 1 amide bonds. The summed E-state index contributed by atoms with van der Waals surface area (Å²) in [5.41, 5.74) is -0.486. The minimum Gasteiger partial charge on any atom is -0.444 e. The lowest BCUT2D eigenvalue weighted by Crippen LogP contribution is -2.39. The van der Waals surface area contributed by atoms with Gasteiger partial charge >= 0.3 is 6.09 Å². The number of amides is 1. The maximum atomic E-state index is 11.4. The number of hydrogen-bond acceptors (Lipinski definition) is 4. The number of carbonyl (C=O) groups is 1. The van der Waals surface area contributed by atoms with E-state index in [1.54, 1.807) is 0 Å². The highest BCUT2D eigenvalue weighted by Gasteiger charge is 2.27. The van der Waals surface area contributed by atoms with Gasteiger partial charge in [0.25, 0.3) is 0 Å². The Morgan fingerprint density at radius 2 is 2.27 bits per heavy atom. The summed E-state index contributed by atoms with van der Waals surface area (Å²) in [5.74, 6) is 0. The lowest BCUT2D eigenvalue weighted by atomic mass is 10.2. The summed E-state index contributed by atoms with van der Waals surface area (Å²) in [5, 5.41) is 11.5. The highest BCUT2D eigenvalue weighted by atomic mass is 16.6. The van der Waals surface area contributed by atoms with Gasteiger partial charge in [-0.1, -0.05) is 0 Å². The maximum absolute atomic E-state index is 11.4. The van der Waals surface area contributed by atoms with Gasteiger partial charge in [-0.25, -0.2) is 4.79 Å². The summed E-state index contributed by atoms with van der Waals surface area (Å²) in [6, 6.07) is -0.0583. The number of rotatable bonds is 2. The molecule has 2 unspecified atom stereocenters. The average molecular weight is 217 g/mol. The van der Waals surface area contributed by atoms with Gasteiger partial charge in [0.2, 0.25) is 0 Å². The summed E-state index contributed by atoms with van der Waals surface area (Å²) in [6.45, 7) is 5.87. The number of carbonyl (C=O) groups excluding carboxylic acids is 1. The van der Waals surface area contributed by atoms with E-state index in [0.717, 1.165) is 0 Å². The van der Waals surface area contributed by atoms with Crippen LogP contribution in [0.2, 0.25) is 0 Å². The van der Waals surface area contributed by atoms with Gasteiger partial charge in [0, 0.05) is 0 Å². The minimum atomic E-state index is -0.486. The monoisotopic (exact) mass is 217 g/mol. The van der Waals surface area contributed by atoms with Crippen LogP contribution >= 0.6 is 0 Å². The third-order valence-corrected chi connectivity index (χ3v) is 2.01. The quantitative estimate of drug-likeness (QED) is 0.713. The van der Waals surface area contributed by atoms with Crippen LogP contribution in [0.3, 0.4) is 0 Å². The molecule has 1 fully saturated rings. The zero-order chi connectivity index (χ0) is 11.5. The molecule has 88 valence electrons. The molecular formula is C10H19NO4. The molecule has 0 aromatic rings. The summed E-state index contributed by atoms with van der Waals surface area (Å²) >= 11 is 0. The van der Waals surface area contributed by atoms with Crippen LogP contribution in [0.25, 0.3) is 0 Å². The smallest absolute Gasteiger partial charge is 0.407 e. The van der Waals surface area contributed by atoms with E-state index in [1.807, 2.05) is 20.8 Å². The highest BCUT2D eigenvalue weighted by molar-refractivity contribution is 5.68. The molecule has 0 aromatic heterocycles. The fourth-order valence-corrected chi connectivity index (χ4v) is 1.41.